The quantitative estimate of drug-likeness (QED) is 0.177. The van der Waals surface area contributed by atoms with Gasteiger partial charge in [-0.2, -0.15) is 0 Å². The van der Waals surface area contributed by atoms with Gasteiger partial charge in [-0.3, -0.25) is 4.57 Å². The molecule has 0 atom stereocenters. The van der Waals surface area contributed by atoms with Crippen molar-refractivity contribution in [2.75, 3.05) is 4.90 Å². The van der Waals surface area contributed by atoms with E-state index < -0.39 is 0 Å². The van der Waals surface area contributed by atoms with Crippen molar-refractivity contribution in [3.05, 3.63) is 194 Å². The molecule has 8 aromatic carbocycles. The van der Waals surface area contributed by atoms with Gasteiger partial charge in [0.05, 0.1) is 22.2 Å². The van der Waals surface area contributed by atoms with E-state index in [0.717, 1.165) is 61.4 Å². The largest absolute Gasteiger partial charge is 0.310 e. The Bertz CT molecular complexity index is 2860. The summed E-state index contributed by atoms with van der Waals surface area (Å²) in [6, 6.07) is 68.5. The first-order chi connectivity index (χ1) is 25.8. The van der Waals surface area contributed by atoms with Gasteiger partial charge >= 0.3 is 0 Å². The molecule has 2 aromatic heterocycles. The van der Waals surface area contributed by atoms with Gasteiger partial charge in [0.15, 0.2) is 0 Å². The van der Waals surface area contributed by atoms with Crippen molar-refractivity contribution in [3.8, 4) is 28.3 Å². The number of nitrogens with zero attached hydrogens (tertiary/aromatic N) is 4. The van der Waals surface area contributed by atoms with Crippen molar-refractivity contribution >= 4 is 60.5 Å². The second kappa shape index (κ2) is 12.4. The van der Waals surface area contributed by atoms with Gasteiger partial charge < -0.3 is 4.90 Å². The predicted octanol–water partition coefficient (Wildman–Crippen LogP) is 12.7. The van der Waals surface area contributed by atoms with E-state index in [-0.39, 0.29) is 0 Å². The van der Waals surface area contributed by atoms with Gasteiger partial charge in [0.25, 0.3) is 0 Å². The first-order valence-electron chi connectivity index (χ1n) is 17.6. The highest BCUT2D eigenvalue weighted by atomic mass is 15.2. The smallest absolute Gasteiger partial charge is 0.235 e. The molecule has 4 nitrogen and oxygen atoms in total. The lowest BCUT2D eigenvalue weighted by Gasteiger charge is -2.26. The number of fused-ring (bicyclic) bond motifs is 6. The minimum atomic E-state index is 0.651. The monoisotopic (exact) mass is 664 g/mol. The topological polar surface area (TPSA) is 34.0 Å². The van der Waals surface area contributed by atoms with Crippen LogP contribution in [0.25, 0.3) is 71.8 Å². The summed E-state index contributed by atoms with van der Waals surface area (Å²) in [6.07, 6.45) is 0. The van der Waals surface area contributed by atoms with Gasteiger partial charge in [-0.1, -0.05) is 140 Å². The SMILES string of the molecule is c1ccc(-c2nc(-n3c4ccccc4c4c5ccccc5c(-c5cccc(N(c6ccccc6)c6ccccc6)c5)cc43)nc3ccccc23)cc1. The zero-order valence-corrected chi connectivity index (χ0v) is 28.3. The van der Waals surface area contributed by atoms with E-state index in [2.05, 4.69) is 191 Å². The lowest BCUT2D eigenvalue weighted by Crippen LogP contribution is -2.09. The Balaban J connectivity index is 1.26. The fourth-order valence-electron chi connectivity index (χ4n) is 7.68. The number of hydrogen-bond donors (Lipinski definition) is 0. The maximum Gasteiger partial charge on any atom is 0.235 e. The molecule has 0 bridgehead atoms. The summed E-state index contributed by atoms with van der Waals surface area (Å²) in [5, 5.41) is 5.79. The minimum absolute atomic E-state index is 0.651. The summed E-state index contributed by atoms with van der Waals surface area (Å²) in [5.41, 5.74) is 10.6. The molecule has 4 heteroatoms. The van der Waals surface area contributed by atoms with Crippen molar-refractivity contribution in [1.29, 1.82) is 0 Å². The van der Waals surface area contributed by atoms with Crippen LogP contribution in [-0.2, 0) is 0 Å². The number of anilines is 3. The molecule has 0 aliphatic heterocycles. The molecular formula is C48H32N4. The average molecular weight is 665 g/mol. The predicted molar refractivity (Wildman–Crippen MR) is 217 cm³/mol. The Morgan fingerprint density at radius 3 is 1.67 bits per heavy atom. The first-order valence-corrected chi connectivity index (χ1v) is 17.6. The highest BCUT2D eigenvalue weighted by molar-refractivity contribution is 6.24. The third kappa shape index (κ3) is 4.92. The summed E-state index contributed by atoms with van der Waals surface area (Å²) < 4.78 is 2.25. The van der Waals surface area contributed by atoms with Gasteiger partial charge in [-0.15, -0.1) is 0 Å². The molecule has 2 heterocycles. The van der Waals surface area contributed by atoms with Gasteiger partial charge in [-0.25, -0.2) is 9.97 Å². The summed E-state index contributed by atoms with van der Waals surface area (Å²) in [5.74, 6) is 0.651. The van der Waals surface area contributed by atoms with E-state index >= 15 is 0 Å². The lowest BCUT2D eigenvalue weighted by atomic mass is 9.94. The Kier molecular flexibility index (Phi) is 7.10. The highest BCUT2D eigenvalue weighted by Crippen LogP contribution is 2.43. The molecule has 0 N–H and O–H groups in total. The second-order valence-electron chi connectivity index (χ2n) is 13.0. The normalized spacial score (nSPS) is 11.5. The van der Waals surface area contributed by atoms with Crippen LogP contribution < -0.4 is 4.90 Å². The average Bonchev–Trinajstić information content (AvgIpc) is 3.56. The van der Waals surface area contributed by atoms with Gasteiger partial charge in [0.2, 0.25) is 5.95 Å². The Labute approximate surface area is 301 Å². The van der Waals surface area contributed by atoms with E-state index in [9.17, 15) is 0 Å². The molecule has 0 unspecified atom stereocenters. The van der Waals surface area contributed by atoms with Crippen LogP contribution in [0.15, 0.2) is 194 Å². The van der Waals surface area contributed by atoms with Crippen molar-refractivity contribution in [3.63, 3.8) is 0 Å². The molecule has 10 rings (SSSR count). The van der Waals surface area contributed by atoms with E-state index in [4.69, 9.17) is 9.97 Å². The van der Waals surface area contributed by atoms with Crippen molar-refractivity contribution in [2.24, 2.45) is 0 Å². The molecule has 0 radical (unpaired) electrons. The van der Waals surface area contributed by atoms with Crippen molar-refractivity contribution in [2.45, 2.75) is 0 Å². The molecule has 0 saturated heterocycles. The molecule has 0 aliphatic carbocycles. The van der Waals surface area contributed by atoms with Crippen molar-refractivity contribution < 1.29 is 0 Å². The Morgan fingerprint density at radius 1 is 0.385 bits per heavy atom. The fourth-order valence-corrected chi connectivity index (χ4v) is 7.68. The zero-order valence-electron chi connectivity index (χ0n) is 28.3. The standard InChI is InChI=1S/C48H32N4/c1-4-17-33(18-5-1)47-40-27-12-14-29-43(40)49-48(50-47)52-44-30-15-13-28-41(44)46-39-26-11-10-25-38(39)42(32-45(46)52)34-19-16-24-37(31-34)51(35-20-6-2-7-21-35)36-22-8-3-9-23-36/h1-32H. The first kappa shape index (κ1) is 29.8. The molecule has 244 valence electrons. The summed E-state index contributed by atoms with van der Waals surface area (Å²) in [4.78, 5) is 12.9. The minimum Gasteiger partial charge on any atom is -0.310 e. The summed E-state index contributed by atoms with van der Waals surface area (Å²) >= 11 is 0. The van der Waals surface area contributed by atoms with E-state index in [0.29, 0.717) is 5.95 Å². The molecule has 0 spiro atoms. The van der Waals surface area contributed by atoms with E-state index in [1.807, 2.05) is 12.1 Å². The van der Waals surface area contributed by atoms with Gasteiger partial charge in [-0.05, 0) is 76.5 Å². The number of benzene rings is 8. The van der Waals surface area contributed by atoms with Crippen LogP contribution in [0.3, 0.4) is 0 Å². The third-order valence-electron chi connectivity index (χ3n) is 9.96. The van der Waals surface area contributed by atoms with Gasteiger partial charge in [0, 0.05) is 38.8 Å². The van der Waals surface area contributed by atoms with Crippen LogP contribution in [0.1, 0.15) is 0 Å². The Morgan fingerprint density at radius 2 is 0.942 bits per heavy atom. The third-order valence-corrected chi connectivity index (χ3v) is 9.96. The highest BCUT2D eigenvalue weighted by Gasteiger charge is 2.21. The molecule has 0 saturated carbocycles. The molecular weight excluding hydrogens is 633 g/mol. The summed E-state index contributed by atoms with van der Waals surface area (Å²) in [7, 11) is 0. The Hall–Kier alpha value is -7.04. The number of hydrogen-bond acceptors (Lipinski definition) is 3. The molecule has 0 amide bonds. The zero-order chi connectivity index (χ0) is 34.4. The molecule has 52 heavy (non-hydrogen) atoms. The molecule has 0 aliphatic rings. The van der Waals surface area contributed by atoms with Crippen molar-refractivity contribution in [1.82, 2.24) is 14.5 Å². The van der Waals surface area contributed by atoms with Crippen LogP contribution in [0.4, 0.5) is 17.1 Å². The second-order valence-corrected chi connectivity index (χ2v) is 13.0. The van der Waals surface area contributed by atoms with Crippen LogP contribution in [0, 0.1) is 0 Å². The lowest BCUT2D eigenvalue weighted by molar-refractivity contribution is 1.01. The molecule has 10 aromatic rings. The molecule has 0 fully saturated rings. The number of rotatable bonds is 6. The van der Waals surface area contributed by atoms with Crippen LogP contribution in [0.5, 0.6) is 0 Å². The summed E-state index contributed by atoms with van der Waals surface area (Å²) in [6.45, 7) is 0. The maximum atomic E-state index is 5.35. The number of para-hydroxylation sites is 4. The van der Waals surface area contributed by atoms with E-state index in [1.54, 1.807) is 0 Å². The van der Waals surface area contributed by atoms with Gasteiger partial charge in [0.1, 0.15) is 0 Å². The van der Waals surface area contributed by atoms with Crippen LogP contribution >= 0.6 is 0 Å². The number of aromatic nitrogens is 3. The fraction of sp³-hybridized carbons (Fsp3) is 0. The van der Waals surface area contributed by atoms with Crippen LogP contribution in [-0.4, -0.2) is 14.5 Å². The van der Waals surface area contributed by atoms with Crippen LogP contribution in [0.2, 0.25) is 0 Å². The maximum absolute atomic E-state index is 5.35. The van der Waals surface area contributed by atoms with E-state index in [1.165, 1.54) is 21.5 Å².